The smallest absolute Gasteiger partial charge is 0.309 e. The van der Waals surface area contributed by atoms with E-state index in [4.69, 9.17) is 5.11 Å². The Morgan fingerprint density at radius 2 is 2.28 bits per heavy atom. The monoisotopic (exact) mass is 259 g/mol. The lowest BCUT2D eigenvalue weighted by Crippen LogP contribution is -1.99. The Morgan fingerprint density at radius 1 is 1.39 bits per heavy atom. The molecule has 0 aliphatic rings. The Labute approximate surface area is 106 Å². The van der Waals surface area contributed by atoms with Gasteiger partial charge in [-0.05, 0) is 35.0 Å². The molecule has 0 aliphatic heterocycles. The lowest BCUT2D eigenvalue weighted by atomic mass is 10.2. The van der Waals surface area contributed by atoms with Gasteiger partial charge in [-0.15, -0.1) is 16.4 Å². The van der Waals surface area contributed by atoms with Gasteiger partial charge in [-0.25, -0.2) is 4.68 Å². The van der Waals surface area contributed by atoms with E-state index in [1.165, 1.54) is 4.70 Å². The van der Waals surface area contributed by atoms with Crippen molar-refractivity contribution in [1.29, 1.82) is 0 Å². The fraction of sp³-hybridized carbons (Fsp3) is 0.0833. The van der Waals surface area contributed by atoms with Crippen LogP contribution < -0.4 is 0 Å². The maximum Gasteiger partial charge on any atom is 0.309 e. The van der Waals surface area contributed by atoms with Crippen LogP contribution in [0.2, 0.25) is 0 Å². The van der Waals surface area contributed by atoms with Crippen molar-refractivity contribution in [2.75, 3.05) is 0 Å². The number of rotatable bonds is 3. The SMILES string of the molecule is O=C(O)Cc1cn(-c2ccc3sccc3c2)nn1. The number of carboxylic acid groups (broad SMARTS) is 1. The molecule has 1 N–H and O–H groups in total. The molecule has 3 aromatic rings. The molecule has 2 aromatic heterocycles. The topological polar surface area (TPSA) is 68.0 Å². The van der Waals surface area contributed by atoms with Crippen molar-refractivity contribution in [2.24, 2.45) is 0 Å². The molecule has 3 rings (SSSR count). The zero-order valence-electron chi connectivity index (χ0n) is 9.28. The number of aromatic nitrogens is 3. The molecule has 18 heavy (non-hydrogen) atoms. The van der Waals surface area contributed by atoms with Crippen LogP contribution in [-0.4, -0.2) is 26.1 Å². The van der Waals surface area contributed by atoms with Gasteiger partial charge in [-0.1, -0.05) is 5.21 Å². The molecule has 0 bridgehead atoms. The summed E-state index contributed by atoms with van der Waals surface area (Å²) in [5.74, 6) is -0.907. The number of carboxylic acids is 1. The Balaban J connectivity index is 1.97. The summed E-state index contributed by atoms with van der Waals surface area (Å²) >= 11 is 1.68. The molecular formula is C12H9N3O2S. The largest absolute Gasteiger partial charge is 0.481 e. The first-order valence-corrected chi connectivity index (χ1v) is 6.21. The second kappa shape index (κ2) is 4.23. The molecule has 0 spiro atoms. The van der Waals surface area contributed by atoms with E-state index in [2.05, 4.69) is 10.3 Å². The quantitative estimate of drug-likeness (QED) is 0.782. The van der Waals surface area contributed by atoms with Gasteiger partial charge in [0.05, 0.1) is 24.0 Å². The minimum atomic E-state index is -0.907. The third-order valence-electron chi connectivity index (χ3n) is 2.57. The van der Waals surface area contributed by atoms with Crippen LogP contribution in [0.5, 0.6) is 0 Å². The number of nitrogens with zero attached hydrogens (tertiary/aromatic N) is 3. The van der Waals surface area contributed by atoms with Gasteiger partial charge in [0.2, 0.25) is 0 Å². The number of fused-ring (bicyclic) bond motifs is 1. The summed E-state index contributed by atoms with van der Waals surface area (Å²) < 4.78 is 2.81. The maximum absolute atomic E-state index is 10.6. The summed E-state index contributed by atoms with van der Waals surface area (Å²) in [6.45, 7) is 0. The highest BCUT2D eigenvalue weighted by Gasteiger charge is 2.07. The van der Waals surface area contributed by atoms with E-state index in [1.807, 2.05) is 29.6 Å². The van der Waals surface area contributed by atoms with Crippen molar-refractivity contribution in [3.05, 3.63) is 41.5 Å². The van der Waals surface area contributed by atoms with Crippen LogP contribution >= 0.6 is 11.3 Å². The van der Waals surface area contributed by atoms with Gasteiger partial charge in [0.25, 0.3) is 0 Å². The summed E-state index contributed by atoms with van der Waals surface area (Å²) in [5.41, 5.74) is 1.33. The summed E-state index contributed by atoms with van der Waals surface area (Å²) in [6, 6.07) is 8.01. The fourth-order valence-corrected chi connectivity index (χ4v) is 2.53. The first kappa shape index (κ1) is 10.9. The van der Waals surface area contributed by atoms with E-state index in [-0.39, 0.29) is 6.42 Å². The zero-order chi connectivity index (χ0) is 12.5. The molecule has 0 fully saturated rings. The molecule has 0 radical (unpaired) electrons. The van der Waals surface area contributed by atoms with Crippen LogP contribution in [0.1, 0.15) is 5.69 Å². The Morgan fingerprint density at radius 3 is 3.11 bits per heavy atom. The molecule has 0 saturated heterocycles. The molecule has 0 saturated carbocycles. The van der Waals surface area contributed by atoms with Gasteiger partial charge in [0.15, 0.2) is 0 Å². The molecule has 90 valence electrons. The predicted molar refractivity (Wildman–Crippen MR) is 68.1 cm³/mol. The van der Waals surface area contributed by atoms with Crippen LogP contribution in [0.15, 0.2) is 35.8 Å². The van der Waals surface area contributed by atoms with Crippen LogP contribution in [0.25, 0.3) is 15.8 Å². The number of aliphatic carboxylic acids is 1. The highest BCUT2D eigenvalue weighted by molar-refractivity contribution is 7.17. The van der Waals surface area contributed by atoms with E-state index >= 15 is 0 Å². The van der Waals surface area contributed by atoms with Crippen LogP contribution in [0.3, 0.4) is 0 Å². The third kappa shape index (κ3) is 1.98. The Bertz CT molecular complexity index is 717. The van der Waals surface area contributed by atoms with Gasteiger partial charge in [-0.3, -0.25) is 4.79 Å². The fourth-order valence-electron chi connectivity index (χ4n) is 1.76. The van der Waals surface area contributed by atoms with Crippen molar-refractivity contribution in [3.63, 3.8) is 0 Å². The van der Waals surface area contributed by atoms with Gasteiger partial charge in [0, 0.05) is 4.70 Å². The highest BCUT2D eigenvalue weighted by Crippen LogP contribution is 2.23. The summed E-state index contributed by atoms with van der Waals surface area (Å²) in [4.78, 5) is 10.6. The van der Waals surface area contributed by atoms with E-state index in [9.17, 15) is 4.79 Å². The molecule has 5 nitrogen and oxygen atoms in total. The predicted octanol–water partition coefficient (Wildman–Crippen LogP) is 2.11. The Kier molecular flexibility index (Phi) is 2.56. The molecule has 0 atom stereocenters. The number of carbonyl (C=O) groups is 1. The molecule has 0 aliphatic carbocycles. The molecule has 1 aromatic carbocycles. The Hall–Kier alpha value is -2.21. The van der Waals surface area contributed by atoms with E-state index in [1.54, 1.807) is 22.2 Å². The number of benzene rings is 1. The van der Waals surface area contributed by atoms with Gasteiger partial charge in [-0.2, -0.15) is 0 Å². The van der Waals surface area contributed by atoms with Crippen molar-refractivity contribution in [3.8, 4) is 5.69 Å². The van der Waals surface area contributed by atoms with E-state index < -0.39 is 5.97 Å². The average Bonchev–Trinajstić information content (AvgIpc) is 2.95. The van der Waals surface area contributed by atoms with Crippen LogP contribution in [-0.2, 0) is 11.2 Å². The van der Waals surface area contributed by atoms with Gasteiger partial charge >= 0.3 is 5.97 Å². The van der Waals surface area contributed by atoms with Crippen LogP contribution in [0.4, 0.5) is 0 Å². The van der Waals surface area contributed by atoms with E-state index in [0.29, 0.717) is 5.69 Å². The lowest BCUT2D eigenvalue weighted by Gasteiger charge is -1.99. The van der Waals surface area contributed by atoms with Crippen LogP contribution in [0, 0.1) is 0 Å². The van der Waals surface area contributed by atoms with Crippen molar-refractivity contribution >= 4 is 27.4 Å². The highest BCUT2D eigenvalue weighted by atomic mass is 32.1. The van der Waals surface area contributed by atoms with Gasteiger partial charge in [0.1, 0.15) is 0 Å². The molecular weight excluding hydrogens is 250 g/mol. The summed E-state index contributed by atoms with van der Waals surface area (Å²) in [6.07, 6.45) is 1.53. The lowest BCUT2D eigenvalue weighted by molar-refractivity contribution is -0.136. The second-order valence-corrected chi connectivity index (χ2v) is 4.82. The number of thiophene rings is 1. The third-order valence-corrected chi connectivity index (χ3v) is 3.47. The average molecular weight is 259 g/mol. The number of hydrogen-bond acceptors (Lipinski definition) is 4. The standard InChI is InChI=1S/C12H9N3O2S/c16-12(17)6-9-7-15(14-13-9)10-1-2-11-8(5-10)3-4-18-11/h1-5,7H,6H2,(H,16,17). The molecule has 2 heterocycles. The normalized spacial score (nSPS) is 10.9. The molecule has 0 unspecified atom stereocenters. The minimum absolute atomic E-state index is 0.110. The number of hydrogen-bond donors (Lipinski definition) is 1. The minimum Gasteiger partial charge on any atom is -0.481 e. The zero-order valence-corrected chi connectivity index (χ0v) is 10.1. The van der Waals surface area contributed by atoms with Crippen molar-refractivity contribution in [1.82, 2.24) is 15.0 Å². The molecule has 0 amide bonds. The van der Waals surface area contributed by atoms with Crippen molar-refractivity contribution < 1.29 is 9.90 Å². The first-order valence-electron chi connectivity index (χ1n) is 5.33. The molecule has 6 heteroatoms. The van der Waals surface area contributed by atoms with Crippen molar-refractivity contribution in [2.45, 2.75) is 6.42 Å². The summed E-state index contributed by atoms with van der Waals surface area (Å²) in [5, 5.41) is 19.6. The van der Waals surface area contributed by atoms with Gasteiger partial charge < -0.3 is 5.11 Å². The first-order chi connectivity index (χ1) is 8.72. The summed E-state index contributed by atoms with van der Waals surface area (Å²) in [7, 11) is 0. The van der Waals surface area contributed by atoms with E-state index in [0.717, 1.165) is 11.1 Å². The second-order valence-electron chi connectivity index (χ2n) is 3.87. The maximum atomic E-state index is 10.6.